The average molecular weight is 195 g/mol. The largest absolute Gasteiger partial charge is 0.326 e. The molecule has 0 amide bonds. The fourth-order valence-corrected chi connectivity index (χ4v) is 1.89. The quantitative estimate of drug-likeness (QED) is 0.783. The van der Waals surface area contributed by atoms with Crippen LogP contribution in [0.25, 0.3) is 0 Å². The Morgan fingerprint density at radius 2 is 2.54 bits per heavy atom. The first kappa shape index (κ1) is 8.25. The number of H-pyrrole nitrogens is 1. The van der Waals surface area contributed by atoms with Gasteiger partial charge >= 0.3 is 5.69 Å². The second-order valence-electron chi connectivity index (χ2n) is 2.72. The van der Waals surface area contributed by atoms with Gasteiger partial charge in [-0.05, 0) is 6.92 Å². The fraction of sp³-hybridized carbons (Fsp3) is 0.250. The van der Waals surface area contributed by atoms with E-state index in [4.69, 9.17) is 0 Å². The van der Waals surface area contributed by atoms with Gasteiger partial charge in [0.1, 0.15) is 5.01 Å². The number of nitrogens with zero attached hydrogens (tertiary/aromatic N) is 2. The maximum absolute atomic E-state index is 11.2. The van der Waals surface area contributed by atoms with E-state index in [9.17, 15) is 4.79 Å². The van der Waals surface area contributed by atoms with Gasteiger partial charge in [-0.3, -0.25) is 4.57 Å². The Morgan fingerprint density at radius 1 is 1.69 bits per heavy atom. The number of rotatable bonds is 2. The molecule has 2 aromatic heterocycles. The molecule has 68 valence electrons. The second-order valence-corrected chi connectivity index (χ2v) is 3.64. The van der Waals surface area contributed by atoms with Crippen LogP contribution >= 0.6 is 11.3 Å². The first-order chi connectivity index (χ1) is 6.29. The Labute approximate surface area is 78.9 Å². The van der Waals surface area contributed by atoms with E-state index in [0.29, 0.717) is 0 Å². The molecule has 0 aliphatic carbocycles. The van der Waals surface area contributed by atoms with Gasteiger partial charge in [0.2, 0.25) is 0 Å². The van der Waals surface area contributed by atoms with E-state index in [1.807, 2.05) is 12.3 Å². The van der Waals surface area contributed by atoms with Crippen molar-refractivity contribution < 1.29 is 0 Å². The third kappa shape index (κ3) is 1.42. The summed E-state index contributed by atoms with van der Waals surface area (Å²) in [4.78, 5) is 18.0. The maximum atomic E-state index is 11.2. The van der Waals surface area contributed by atoms with Crippen molar-refractivity contribution in [2.24, 2.45) is 0 Å². The molecule has 2 rings (SSSR count). The summed E-state index contributed by atoms with van der Waals surface area (Å²) < 4.78 is 1.62. The molecule has 1 N–H and O–H groups in total. The summed E-state index contributed by atoms with van der Waals surface area (Å²) in [7, 11) is 0. The van der Waals surface area contributed by atoms with Crippen LogP contribution in [0, 0.1) is 0 Å². The highest BCUT2D eigenvalue weighted by atomic mass is 32.1. The Morgan fingerprint density at radius 3 is 3.08 bits per heavy atom. The zero-order valence-corrected chi connectivity index (χ0v) is 7.91. The molecule has 13 heavy (non-hydrogen) atoms. The summed E-state index contributed by atoms with van der Waals surface area (Å²) in [6.07, 6.45) is 5.11. The average Bonchev–Trinajstić information content (AvgIpc) is 2.72. The number of imidazole rings is 1. The van der Waals surface area contributed by atoms with E-state index >= 15 is 0 Å². The molecule has 2 heterocycles. The van der Waals surface area contributed by atoms with Crippen molar-refractivity contribution in [3.05, 3.63) is 39.5 Å². The maximum Gasteiger partial charge on any atom is 0.326 e. The number of hydrogen-bond donors (Lipinski definition) is 1. The van der Waals surface area contributed by atoms with Gasteiger partial charge in [0.15, 0.2) is 0 Å². The number of hydrogen-bond acceptors (Lipinski definition) is 3. The van der Waals surface area contributed by atoms with E-state index in [0.717, 1.165) is 5.01 Å². The molecule has 5 heteroatoms. The van der Waals surface area contributed by atoms with E-state index in [1.165, 1.54) is 0 Å². The van der Waals surface area contributed by atoms with Gasteiger partial charge in [-0.15, -0.1) is 11.3 Å². The van der Waals surface area contributed by atoms with E-state index in [-0.39, 0.29) is 11.7 Å². The molecule has 0 aliphatic rings. The van der Waals surface area contributed by atoms with Crippen molar-refractivity contribution in [1.82, 2.24) is 14.5 Å². The Balaban J connectivity index is 2.39. The molecule has 0 aliphatic heterocycles. The first-order valence-electron chi connectivity index (χ1n) is 3.94. The third-order valence-electron chi connectivity index (χ3n) is 1.90. The standard InChI is InChI=1S/C8H9N3OS/c1-6(7-9-3-5-13-7)11-4-2-10-8(11)12/h2-6H,1H3,(H,10,12). The van der Waals surface area contributed by atoms with Gasteiger partial charge in [-0.2, -0.15) is 0 Å². The molecular weight excluding hydrogens is 186 g/mol. The Hall–Kier alpha value is -1.36. The van der Waals surface area contributed by atoms with Crippen LogP contribution < -0.4 is 5.69 Å². The van der Waals surface area contributed by atoms with Crippen LogP contribution in [0.2, 0.25) is 0 Å². The first-order valence-corrected chi connectivity index (χ1v) is 4.82. The number of nitrogens with one attached hydrogen (secondary N) is 1. The summed E-state index contributed by atoms with van der Waals surface area (Å²) in [5.74, 6) is 0. The smallest absolute Gasteiger partial charge is 0.313 e. The molecule has 1 unspecified atom stereocenters. The van der Waals surface area contributed by atoms with Gasteiger partial charge in [-0.25, -0.2) is 9.78 Å². The lowest BCUT2D eigenvalue weighted by atomic mass is 10.3. The molecule has 1 atom stereocenters. The van der Waals surface area contributed by atoms with Gasteiger partial charge in [0, 0.05) is 24.0 Å². The summed E-state index contributed by atoms with van der Waals surface area (Å²) >= 11 is 1.55. The summed E-state index contributed by atoms with van der Waals surface area (Å²) in [6, 6.07) is 0.0127. The highest BCUT2D eigenvalue weighted by Crippen LogP contribution is 2.17. The molecule has 0 saturated heterocycles. The molecule has 0 fully saturated rings. The minimum Gasteiger partial charge on any atom is -0.313 e. The molecule has 0 bridgehead atoms. The van der Waals surface area contributed by atoms with Crippen LogP contribution in [0.3, 0.4) is 0 Å². The lowest BCUT2D eigenvalue weighted by molar-refractivity contribution is 0.613. The van der Waals surface area contributed by atoms with Crippen molar-refractivity contribution in [3.8, 4) is 0 Å². The SMILES string of the molecule is CC(c1nccs1)n1cc[nH]c1=O. The van der Waals surface area contributed by atoms with Gasteiger partial charge in [0.25, 0.3) is 0 Å². The van der Waals surface area contributed by atoms with Crippen molar-refractivity contribution in [3.63, 3.8) is 0 Å². The predicted molar refractivity (Wildman–Crippen MR) is 51.0 cm³/mol. The van der Waals surface area contributed by atoms with Crippen molar-refractivity contribution in [2.75, 3.05) is 0 Å². The van der Waals surface area contributed by atoms with E-state index in [2.05, 4.69) is 9.97 Å². The van der Waals surface area contributed by atoms with Crippen LogP contribution in [0.4, 0.5) is 0 Å². The summed E-state index contributed by atoms with van der Waals surface area (Å²) in [5, 5.41) is 2.85. The normalized spacial score (nSPS) is 13.0. The fourth-order valence-electron chi connectivity index (χ4n) is 1.20. The van der Waals surface area contributed by atoms with Crippen molar-refractivity contribution in [1.29, 1.82) is 0 Å². The summed E-state index contributed by atoms with van der Waals surface area (Å²) in [5.41, 5.74) is -0.0947. The molecule has 4 nitrogen and oxygen atoms in total. The monoisotopic (exact) mass is 195 g/mol. The highest BCUT2D eigenvalue weighted by Gasteiger charge is 2.11. The highest BCUT2D eigenvalue weighted by molar-refractivity contribution is 7.09. The van der Waals surface area contributed by atoms with Crippen LogP contribution in [-0.2, 0) is 0 Å². The topological polar surface area (TPSA) is 50.7 Å². The Kier molecular flexibility index (Phi) is 2.02. The molecule has 0 radical (unpaired) electrons. The minimum absolute atomic E-state index is 0.0127. The zero-order chi connectivity index (χ0) is 9.26. The number of thiazole rings is 1. The lowest BCUT2D eigenvalue weighted by Gasteiger charge is -2.07. The van der Waals surface area contributed by atoms with Crippen molar-refractivity contribution >= 4 is 11.3 Å². The number of aromatic nitrogens is 3. The van der Waals surface area contributed by atoms with Crippen molar-refractivity contribution in [2.45, 2.75) is 13.0 Å². The van der Waals surface area contributed by atoms with Crippen LogP contribution in [0.15, 0.2) is 28.8 Å². The Bertz CT molecular complexity index is 428. The van der Waals surface area contributed by atoms with Crippen LogP contribution in [-0.4, -0.2) is 14.5 Å². The van der Waals surface area contributed by atoms with Crippen LogP contribution in [0.1, 0.15) is 18.0 Å². The third-order valence-corrected chi connectivity index (χ3v) is 2.85. The molecule has 2 aromatic rings. The molecule has 0 aromatic carbocycles. The summed E-state index contributed by atoms with van der Waals surface area (Å²) in [6.45, 7) is 1.95. The second kappa shape index (κ2) is 3.18. The van der Waals surface area contributed by atoms with Gasteiger partial charge < -0.3 is 4.98 Å². The van der Waals surface area contributed by atoms with Crippen LogP contribution in [0.5, 0.6) is 0 Å². The molecule has 0 spiro atoms. The van der Waals surface area contributed by atoms with E-state index < -0.39 is 0 Å². The van der Waals surface area contributed by atoms with Gasteiger partial charge in [0.05, 0.1) is 6.04 Å². The number of aromatic amines is 1. The predicted octanol–water partition coefficient (Wildman–Crippen LogP) is 1.24. The molecule has 0 saturated carbocycles. The minimum atomic E-state index is -0.0947. The van der Waals surface area contributed by atoms with Gasteiger partial charge in [-0.1, -0.05) is 0 Å². The van der Waals surface area contributed by atoms with E-state index in [1.54, 1.807) is 34.5 Å². The zero-order valence-electron chi connectivity index (χ0n) is 7.10. The molecular formula is C8H9N3OS. The lowest BCUT2D eigenvalue weighted by Crippen LogP contribution is -2.20.